The maximum Gasteiger partial charge on any atom is 0.255 e. The van der Waals surface area contributed by atoms with Gasteiger partial charge in [-0.05, 0) is 42.0 Å². The van der Waals surface area contributed by atoms with Gasteiger partial charge in [0.15, 0.2) is 0 Å². The van der Waals surface area contributed by atoms with Crippen molar-refractivity contribution in [1.82, 2.24) is 0 Å². The summed E-state index contributed by atoms with van der Waals surface area (Å²) in [4.78, 5) is 12.8. The van der Waals surface area contributed by atoms with Gasteiger partial charge < -0.3 is 10.1 Å². The molecule has 2 aromatic rings. The van der Waals surface area contributed by atoms with E-state index in [1.165, 1.54) is 0 Å². The third-order valence-corrected chi connectivity index (χ3v) is 3.88. The van der Waals surface area contributed by atoms with Gasteiger partial charge >= 0.3 is 0 Å². The van der Waals surface area contributed by atoms with E-state index in [-0.39, 0.29) is 5.91 Å². The number of benzene rings is 2. The molecule has 2 aromatic carbocycles. The summed E-state index contributed by atoms with van der Waals surface area (Å²) in [7, 11) is 0.590. The Hall–Kier alpha value is -1.98. The van der Waals surface area contributed by atoms with Crippen LogP contribution in [0.1, 0.15) is 15.9 Å². The monoisotopic (exact) mass is 303 g/mol. The molecule has 0 bridgehead atoms. The van der Waals surface area contributed by atoms with E-state index in [0.29, 0.717) is 17.1 Å². The van der Waals surface area contributed by atoms with Crippen LogP contribution < -0.4 is 5.32 Å². The predicted molar refractivity (Wildman–Crippen MR) is 83.9 cm³/mol. The van der Waals surface area contributed by atoms with Gasteiger partial charge in [-0.3, -0.25) is 9.00 Å². The number of hydrogen-bond donors (Lipinski definition) is 1. The Bertz CT molecular complexity index is 653. The van der Waals surface area contributed by atoms with E-state index in [1.807, 2.05) is 24.3 Å². The Morgan fingerprint density at radius 2 is 1.90 bits per heavy atom. The zero-order chi connectivity index (χ0) is 15.2. The molecule has 0 fully saturated rings. The topological polar surface area (TPSA) is 55.4 Å². The molecule has 0 radical (unpaired) electrons. The van der Waals surface area contributed by atoms with E-state index in [1.54, 1.807) is 37.6 Å². The van der Waals surface area contributed by atoms with Crippen molar-refractivity contribution in [2.45, 2.75) is 11.5 Å². The van der Waals surface area contributed by atoms with Gasteiger partial charge in [0.1, 0.15) is 0 Å². The fourth-order valence-electron chi connectivity index (χ4n) is 1.91. The molecular weight excluding hydrogens is 286 g/mol. The van der Waals surface area contributed by atoms with Gasteiger partial charge in [-0.25, -0.2) is 0 Å². The second kappa shape index (κ2) is 7.15. The van der Waals surface area contributed by atoms with E-state index < -0.39 is 10.8 Å². The average molecular weight is 303 g/mol. The second-order valence-corrected chi connectivity index (χ2v) is 5.95. The first kappa shape index (κ1) is 15.4. The minimum absolute atomic E-state index is 0.196. The van der Waals surface area contributed by atoms with Gasteiger partial charge in [-0.2, -0.15) is 0 Å². The number of hydrogen-bond acceptors (Lipinski definition) is 3. The van der Waals surface area contributed by atoms with Crippen molar-refractivity contribution < 1.29 is 13.7 Å². The number of ether oxygens (including phenoxy) is 1. The van der Waals surface area contributed by atoms with Crippen LogP contribution in [-0.2, 0) is 22.1 Å². The lowest BCUT2D eigenvalue weighted by atomic mass is 10.2. The van der Waals surface area contributed by atoms with Crippen molar-refractivity contribution in [3.63, 3.8) is 0 Å². The number of nitrogens with one attached hydrogen (secondary N) is 1. The quantitative estimate of drug-likeness (QED) is 0.924. The maximum atomic E-state index is 12.1. The Balaban J connectivity index is 2.10. The molecule has 0 heterocycles. The zero-order valence-corrected chi connectivity index (χ0v) is 12.8. The number of amides is 1. The standard InChI is InChI=1S/C16H17NO3S/c1-20-11-12-4-3-5-14(10-12)17-16(18)13-6-8-15(9-7-13)21(2)19/h3-10H,11H2,1-2H3,(H,17,18). The maximum absolute atomic E-state index is 12.1. The molecule has 0 spiro atoms. The Morgan fingerprint density at radius 1 is 1.19 bits per heavy atom. The molecular formula is C16H17NO3S. The Labute approximate surface area is 126 Å². The molecule has 0 saturated heterocycles. The molecule has 2 rings (SSSR count). The number of rotatable bonds is 5. The summed E-state index contributed by atoms with van der Waals surface area (Å²) in [6, 6.07) is 14.2. The predicted octanol–water partition coefficient (Wildman–Crippen LogP) is 2.82. The summed E-state index contributed by atoms with van der Waals surface area (Å²) < 4.78 is 16.4. The van der Waals surface area contributed by atoms with Crippen LogP contribution >= 0.6 is 0 Å². The highest BCUT2D eigenvalue weighted by molar-refractivity contribution is 7.84. The SMILES string of the molecule is COCc1cccc(NC(=O)c2ccc(S(C)=O)cc2)c1. The Kier molecular flexibility index (Phi) is 5.25. The van der Waals surface area contributed by atoms with Crippen LogP contribution in [0.25, 0.3) is 0 Å². The van der Waals surface area contributed by atoms with Gasteiger partial charge in [0.25, 0.3) is 5.91 Å². The fraction of sp³-hybridized carbons (Fsp3) is 0.188. The van der Waals surface area contributed by atoms with Gasteiger partial charge in [-0.1, -0.05) is 12.1 Å². The number of anilines is 1. The third-order valence-electron chi connectivity index (χ3n) is 2.94. The van der Waals surface area contributed by atoms with Crippen molar-refractivity contribution in [3.8, 4) is 0 Å². The van der Waals surface area contributed by atoms with E-state index in [2.05, 4.69) is 5.32 Å². The average Bonchev–Trinajstić information content (AvgIpc) is 2.48. The summed E-state index contributed by atoms with van der Waals surface area (Å²) >= 11 is 0. The number of carbonyl (C=O) groups excluding carboxylic acids is 1. The summed E-state index contributed by atoms with van der Waals surface area (Å²) in [5.41, 5.74) is 2.24. The van der Waals surface area contributed by atoms with Crippen molar-refractivity contribution >= 4 is 22.4 Å². The molecule has 0 saturated carbocycles. The lowest BCUT2D eigenvalue weighted by Crippen LogP contribution is -2.12. The first-order valence-corrected chi connectivity index (χ1v) is 7.98. The molecule has 21 heavy (non-hydrogen) atoms. The first-order valence-electron chi connectivity index (χ1n) is 6.43. The van der Waals surface area contributed by atoms with E-state index in [4.69, 9.17) is 4.74 Å². The third kappa shape index (κ3) is 4.24. The van der Waals surface area contributed by atoms with E-state index in [9.17, 15) is 9.00 Å². The molecule has 5 heteroatoms. The molecule has 0 aliphatic heterocycles. The van der Waals surface area contributed by atoms with Crippen LogP contribution in [0.2, 0.25) is 0 Å². The molecule has 1 unspecified atom stereocenters. The lowest BCUT2D eigenvalue weighted by Gasteiger charge is -2.07. The summed E-state index contributed by atoms with van der Waals surface area (Å²) in [5, 5.41) is 2.84. The molecule has 1 atom stereocenters. The largest absolute Gasteiger partial charge is 0.380 e. The van der Waals surface area contributed by atoms with Gasteiger partial charge in [0, 0.05) is 40.3 Å². The second-order valence-electron chi connectivity index (χ2n) is 4.57. The van der Waals surface area contributed by atoms with Crippen LogP contribution in [0, 0.1) is 0 Å². The van der Waals surface area contributed by atoms with Crippen molar-refractivity contribution in [3.05, 3.63) is 59.7 Å². The minimum Gasteiger partial charge on any atom is -0.380 e. The van der Waals surface area contributed by atoms with Crippen molar-refractivity contribution in [1.29, 1.82) is 0 Å². The molecule has 0 aromatic heterocycles. The number of carbonyl (C=O) groups is 1. The van der Waals surface area contributed by atoms with Crippen LogP contribution in [0.3, 0.4) is 0 Å². The van der Waals surface area contributed by atoms with Crippen molar-refractivity contribution in [2.75, 3.05) is 18.7 Å². The minimum atomic E-state index is -1.04. The zero-order valence-electron chi connectivity index (χ0n) is 12.0. The summed E-state index contributed by atoms with van der Waals surface area (Å²) in [5.74, 6) is -0.196. The van der Waals surface area contributed by atoms with Gasteiger partial charge in [0.05, 0.1) is 6.61 Å². The summed E-state index contributed by atoms with van der Waals surface area (Å²) in [6.07, 6.45) is 1.61. The highest BCUT2D eigenvalue weighted by Gasteiger charge is 2.07. The summed E-state index contributed by atoms with van der Waals surface area (Å²) in [6.45, 7) is 0.501. The van der Waals surface area contributed by atoms with Crippen LogP contribution in [0.5, 0.6) is 0 Å². The Morgan fingerprint density at radius 3 is 2.52 bits per heavy atom. The van der Waals surface area contributed by atoms with Crippen molar-refractivity contribution in [2.24, 2.45) is 0 Å². The molecule has 110 valence electrons. The normalized spacial score (nSPS) is 11.9. The van der Waals surface area contributed by atoms with Crippen LogP contribution in [-0.4, -0.2) is 23.5 Å². The van der Waals surface area contributed by atoms with E-state index in [0.717, 1.165) is 11.3 Å². The smallest absolute Gasteiger partial charge is 0.255 e. The molecule has 1 amide bonds. The van der Waals surface area contributed by atoms with Gasteiger partial charge in [-0.15, -0.1) is 0 Å². The highest BCUT2D eigenvalue weighted by atomic mass is 32.2. The highest BCUT2D eigenvalue weighted by Crippen LogP contribution is 2.14. The molecule has 1 N–H and O–H groups in total. The lowest BCUT2D eigenvalue weighted by molar-refractivity contribution is 0.102. The number of methoxy groups -OCH3 is 1. The molecule has 0 aliphatic rings. The first-order chi connectivity index (χ1) is 10.1. The van der Waals surface area contributed by atoms with Gasteiger partial charge in [0.2, 0.25) is 0 Å². The van der Waals surface area contributed by atoms with Crippen LogP contribution in [0.15, 0.2) is 53.4 Å². The van der Waals surface area contributed by atoms with E-state index >= 15 is 0 Å². The fourth-order valence-corrected chi connectivity index (χ4v) is 2.43. The molecule has 4 nitrogen and oxygen atoms in total. The molecule has 0 aliphatic carbocycles. The van der Waals surface area contributed by atoms with Crippen LogP contribution in [0.4, 0.5) is 5.69 Å².